The standard InChI is InChI=1S/C15H32N2O/c1-13(2,3)16-10-14(4,5)11-17-9-7-8-15(6,18)12-17/h16,18H,7-12H2,1-6H3. The van der Waals surface area contributed by atoms with Gasteiger partial charge in [0.05, 0.1) is 5.60 Å². The van der Waals surface area contributed by atoms with E-state index in [1.54, 1.807) is 0 Å². The fraction of sp³-hybridized carbons (Fsp3) is 1.00. The zero-order chi connectivity index (χ0) is 14.0. The summed E-state index contributed by atoms with van der Waals surface area (Å²) in [5.74, 6) is 0. The Morgan fingerprint density at radius 2 is 1.83 bits per heavy atom. The topological polar surface area (TPSA) is 35.5 Å². The van der Waals surface area contributed by atoms with Crippen molar-refractivity contribution in [1.82, 2.24) is 10.2 Å². The molecule has 108 valence electrons. The molecule has 0 bridgehead atoms. The van der Waals surface area contributed by atoms with E-state index in [1.165, 1.54) is 0 Å². The maximum absolute atomic E-state index is 10.1. The summed E-state index contributed by atoms with van der Waals surface area (Å²) in [6.45, 7) is 17.2. The predicted octanol–water partition coefficient (Wildman–Crippen LogP) is 2.25. The van der Waals surface area contributed by atoms with Gasteiger partial charge >= 0.3 is 0 Å². The molecule has 2 N–H and O–H groups in total. The second-order valence-electron chi connectivity index (χ2n) is 8.08. The van der Waals surface area contributed by atoms with Crippen LogP contribution in [0.15, 0.2) is 0 Å². The van der Waals surface area contributed by atoms with Gasteiger partial charge in [0.15, 0.2) is 0 Å². The molecule has 0 aliphatic carbocycles. The number of β-amino-alcohol motifs (C(OH)–C–C–N with tert-alkyl or cyclic N) is 1. The summed E-state index contributed by atoms with van der Waals surface area (Å²) in [5, 5.41) is 13.7. The Kier molecular flexibility index (Phi) is 4.85. The number of nitrogens with one attached hydrogen (secondary N) is 1. The minimum Gasteiger partial charge on any atom is -0.389 e. The van der Waals surface area contributed by atoms with Gasteiger partial charge in [-0.1, -0.05) is 13.8 Å². The first kappa shape index (κ1) is 15.9. The highest BCUT2D eigenvalue weighted by atomic mass is 16.3. The van der Waals surface area contributed by atoms with E-state index in [1.807, 2.05) is 6.92 Å². The second-order valence-corrected chi connectivity index (χ2v) is 8.08. The van der Waals surface area contributed by atoms with Gasteiger partial charge in [0.25, 0.3) is 0 Å². The van der Waals surface area contributed by atoms with Crippen LogP contribution in [0.1, 0.15) is 54.4 Å². The molecule has 0 aromatic carbocycles. The monoisotopic (exact) mass is 256 g/mol. The number of hydrogen-bond acceptors (Lipinski definition) is 3. The molecule has 0 saturated carbocycles. The van der Waals surface area contributed by atoms with Crippen molar-refractivity contribution in [3.05, 3.63) is 0 Å². The second kappa shape index (κ2) is 5.48. The van der Waals surface area contributed by atoms with Crippen LogP contribution in [0.25, 0.3) is 0 Å². The molecule has 0 radical (unpaired) electrons. The molecule has 0 aromatic rings. The fourth-order valence-corrected chi connectivity index (χ4v) is 2.62. The normalized spacial score (nSPS) is 27.5. The van der Waals surface area contributed by atoms with Crippen molar-refractivity contribution < 1.29 is 5.11 Å². The fourth-order valence-electron chi connectivity index (χ4n) is 2.62. The quantitative estimate of drug-likeness (QED) is 0.810. The zero-order valence-corrected chi connectivity index (χ0v) is 13.1. The molecule has 1 unspecified atom stereocenters. The summed E-state index contributed by atoms with van der Waals surface area (Å²) in [7, 11) is 0. The van der Waals surface area contributed by atoms with Crippen LogP contribution in [0.4, 0.5) is 0 Å². The highest BCUT2D eigenvalue weighted by Gasteiger charge is 2.31. The van der Waals surface area contributed by atoms with Crippen LogP contribution in [-0.4, -0.2) is 47.3 Å². The molecular weight excluding hydrogens is 224 g/mol. The van der Waals surface area contributed by atoms with Crippen molar-refractivity contribution in [3.63, 3.8) is 0 Å². The molecule has 0 amide bonds. The van der Waals surface area contributed by atoms with Crippen LogP contribution in [-0.2, 0) is 0 Å². The van der Waals surface area contributed by atoms with Crippen molar-refractivity contribution in [2.75, 3.05) is 26.2 Å². The third kappa shape index (κ3) is 6.17. The Morgan fingerprint density at radius 3 is 2.33 bits per heavy atom. The van der Waals surface area contributed by atoms with E-state index >= 15 is 0 Å². The lowest BCUT2D eigenvalue weighted by atomic mass is 9.88. The summed E-state index contributed by atoms with van der Waals surface area (Å²) >= 11 is 0. The van der Waals surface area contributed by atoms with Crippen molar-refractivity contribution in [2.24, 2.45) is 5.41 Å². The molecule has 1 fully saturated rings. The molecular formula is C15H32N2O. The molecule has 18 heavy (non-hydrogen) atoms. The minimum absolute atomic E-state index is 0.171. The van der Waals surface area contributed by atoms with Gasteiger partial charge in [0, 0.05) is 25.2 Å². The minimum atomic E-state index is -0.494. The third-order valence-corrected chi connectivity index (χ3v) is 3.50. The van der Waals surface area contributed by atoms with E-state index in [9.17, 15) is 5.11 Å². The van der Waals surface area contributed by atoms with Gasteiger partial charge in [-0.05, 0) is 52.5 Å². The van der Waals surface area contributed by atoms with Crippen LogP contribution in [0, 0.1) is 5.41 Å². The lowest BCUT2D eigenvalue weighted by molar-refractivity contribution is -0.0257. The van der Waals surface area contributed by atoms with Gasteiger partial charge in [0.1, 0.15) is 0 Å². The van der Waals surface area contributed by atoms with E-state index in [0.717, 1.165) is 39.0 Å². The van der Waals surface area contributed by atoms with Gasteiger partial charge in [-0.25, -0.2) is 0 Å². The first-order valence-electron chi connectivity index (χ1n) is 7.19. The molecule has 1 aliphatic heterocycles. The summed E-state index contributed by atoms with van der Waals surface area (Å²) < 4.78 is 0. The third-order valence-electron chi connectivity index (χ3n) is 3.50. The largest absolute Gasteiger partial charge is 0.389 e. The first-order valence-corrected chi connectivity index (χ1v) is 7.19. The molecule has 1 saturated heterocycles. The lowest BCUT2D eigenvalue weighted by Gasteiger charge is -2.41. The maximum Gasteiger partial charge on any atom is 0.0746 e. The molecule has 1 aliphatic rings. The first-order chi connectivity index (χ1) is 7.99. The molecule has 1 atom stereocenters. The molecule has 1 heterocycles. The summed E-state index contributed by atoms with van der Waals surface area (Å²) in [6.07, 6.45) is 2.04. The van der Waals surface area contributed by atoms with Crippen molar-refractivity contribution in [1.29, 1.82) is 0 Å². The Balaban J connectivity index is 2.44. The molecule has 0 spiro atoms. The zero-order valence-electron chi connectivity index (χ0n) is 13.1. The average Bonchev–Trinajstić information content (AvgIpc) is 2.11. The van der Waals surface area contributed by atoms with E-state index < -0.39 is 5.60 Å². The summed E-state index contributed by atoms with van der Waals surface area (Å²) in [6, 6.07) is 0. The Hall–Kier alpha value is -0.120. The van der Waals surface area contributed by atoms with Crippen LogP contribution < -0.4 is 5.32 Å². The molecule has 0 aromatic heterocycles. The SMILES string of the molecule is CC(C)(CNC(C)(C)C)CN1CCCC(C)(O)C1. The van der Waals surface area contributed by atoms with E-state index in [2.05, 4.69) is 44.8 Å². The van der Waals surface area contributed by atoms with Gasteiger partial charge in [-0.2, -0.15) is 0 Å². The van der Waals surface area contributed by atoms with E-state index in [0.29, 0.717) is 0 Å². The Labute approximate surface area is 113 Å². The lowest BCUT2D eigenvalue weighted by Crippen LogP contribution is -2.51. The van der Waals surface area contributed by atoms with Crippen molar-refractivity contribution in [2.45, 2.75) is 65.5 Å². The van der Waals surface area contributed by atoms with Crippen molar-refractivity contribution in [3.8, 4) is 0 Å². The summed E-state index contributed by atoms with van der Waals surface area (Å²) in [5.41, 5.74) is -0.0862. The van der Waals surface area contributed by atoms with Gasteiger partial charge in [-0.3, -0.25) is 4.90 Å². The number of likely N-dealkylation sites (tertiary alicyclic amines) is 1. The van der Waals surface area contributed by atoms with Crippen molar-refractivity contribution >= 4 is 0 Å². The average molecular weight is 256 g/mol. The number of piperidine rings is 1. The van der Waals surface area contributed by atoms with Crippen LogP contribution in [0.5, 0.6) is 0 Å². The molecule has 3 nitrogen and oxygen atoms in total. The Morgan fingerprint density at radius 1 is 1.22 bits per heavy atom. The highest BCUT2D eigenvalue weighted by Crippen LogP contribution is 2.24. The molecule has 1 rings (SSSR count). The summed E-state index contributed by atoms with van der Waals surface area (Å²) in [4.78, 5) is 2.41. The van der Waals surface area contributed by atoms with Crippen LogP contribution in [0.3, 0.4) is 0 Å². The van der Waals surface area contributed by atoms with E-state index in [-0.39, 0.29) is 11.0 Å². The van der Waals surface area contributed by atoms with Gasteiger partial charge < -0.3 is 10.4 Å². The smallest absolute Gasteiger partial charge is 0.0746 e. The van der Waals surface area contributed by atoms with Crippen LogP contribution in [0.2, 0.25) is 0 Å². The Bertz CT molecular complexity index is 266. The van der Waals surface area contributed by atoms with Crippen LogP contribution >= 0.6 is 0 Å². The maximum atomic E-state index is 10.1. The number of aliphatic hydroxyl groups is 1. The number of nitrogens with zero attached hydrogens (tertiary/aromatic N) is 1. The van der Waals surface area contributed by atoms with E-state index in [4.69, 9.17) is 0 Å². The number of rotatable bonds is 4. The molecule has 3 heteroatoms. The van der Waals surface area contributed by atoms with Gasteiger partial charge in [0.2, 0.25) is 0 Å². The predicted molar refractivity (Wildman–Crippen MR) is 77.8 cm³/mol. The highest BCUT2D eigenvalue weighted by molar-refractivity contribution is 4.87. The number of hydrogen-bond donors (Lipinski definition) is 2. The van der Waals surface area contributed by atoms with Gasteiger partial charge in [-0.15, -0.1) is 0 Å².